The molecular formula is C10H6BrN3O3S. The number of nitrogens with zero attached hydrogens (tertiary/aromatic N) is 2. The molecule has 0 fully saturated rings. The van der Waals surface area contributed by atoms with Crippen LogP contribution in [-0.4, -0.2) is 25.7 Å². The van der Waals surface area contributed by atoms with Crippen molar-refractivity contribution in [3.63, 3.8) is 0 Å². The molecule has 0 radical (unpaired) electrons. The van der Waals surface area contributed by atoms with Crippen molar-refractivity contribution in [3.8, 4) is 0 Å². The van der Waals surface area contributed by atoms with Gasteiger partial charge in [0.05, 0.1) is 29.2 Å². The Morgan fingerprint density at radius 2 is 2.17 bits per heavy atom. The van der Waals surface area contributed by atoms with Crippen LogP contribution in [0.3, 0.4) is 0 Å². The van der Waals surface area contributed by atoms with Crippen LogP contribution in [0.5, 0.6) is 0 Å². The van der Waals surface area contributed by atoms with E-state index in [0.29, 0.717) is 4.47 Å². The van der Waals surface area contributed by atoms with Gasteiger partial charge in [-0.3, -0.25) is 4.79 Å². The van der Waals surface area contributed by atoms with Gasteiger partial charge < -0.3 is 10.4 Å². The van der Waals surface area contributed by atoms with Gasteiger partial charge in [0.25, 0.3) is 5.91 Å². The predicted octanol–water partition coefficient (Wildman–Crippen LogP) is 2.25. The van der Waals surface area contributed by atoms with Gasteiger partial charge in [0.2, 0.25) is 0 Å². The molecule has 0 unspecified atom stereocenters. The maximum absolute atomic E-state index is 11.7. The van der Waals surface area contributed by atoms with Crippen LogP contribution in [0.25, 0.3) is 0 Å². The Labute approximate surface area is 114 Å². The van der Waals surface area contributed by atoms with E-state index in [2.05, 4.69) is 30.0 Å². The Hall–Kier alpha value is -1.80. The Kier molecular flexibility index (Phi) is 3.68. The SMILES string of the molecule is O=C(Nc1ccc(Br)cc1C(=O)O)c1cnsn1. The lowest BCUT2D eigenvalue weighted by Crippen LogP contribution is -2.15. The van der Waals surface area contributed by atoms with Crippen molar-refractivity contribution in [1.29, 1.82) is 0 Å². The third kappa shape index (κ3) is 2.71. The van der Waals surface area contributed by atoms with Crippen molar-refractivity contribution in [2.45, 2.75) is 0 Å². The van der Waals surface area contributed by atoms with Crippen molar-refractivity contribution >= 4 is 45.2 Å². The van der Waals surface area contributed by atoms with E-state index in [1.807, 2.05) is 0 Å². The number of carboxylic acid groups (broad SMARTS) is 1. The number of aromatic carboxylic acids is 1. The summed E-state index contributed by atoms with van der Waals surface area (Å²) in [7, 11) is 0. The van der Waals surface area contributed by atoms with Gasteiger partial charge in [-0.1, -0.05) is 15.9 Å². The summed E-state index contributed by atoms with van der Waals surface area (Å²) >= 11 is 4.08. The third-order valence-electron chi connectivity index (χ3n) is 2.05. The van der Waals surface area contributed by atoms with Crippen molar-refractivity contribution in [3.05, 3.63) is 40.1 Å². The normalized spacial score (nSPS) is 10.1. The highest BCUT2D eigenvalue weighted by Gasteiger charge is 2.15. The number of carboxylic acids is 1. The Morgan fingerprint density at radius 1 is 1.39 bits per heavy atom. The summed E-state index contributed by atoms with van der Waals surface area (Å²) in [5.74, 6) is -1.61. The summed E-state index contributed by atoms with van der Waals surface area (Å²) in [5, 5.41) is 11.5. The number of anilines is 1. The van der Waals surface area contributed by atoms with Crippen molar-refractivity contribution in [2.75, 3.05) is 5.32 Å². The van der Waals surface area contributed by atoms with Crippen LogP contribution in [0.2, 0.25) is 0 Å². The van der Waals surface area contributed by atoms with Crippen LogP contribution >= 0.6 is 27.7 Å². The van der Waals surface area contributed by atoms with Gasteiger partial charge in [-0.05, 0) is 18.2 Å². The molecule has 1 amide bonds. The second-order valence-electron chi connectivity index (χ2n) is 3.24. The molecule has 2 aromatic rings. The lowest BCUT2D eigenvalue weighted by molar-refractivity contribution is 0.0698. The quantitative estimate of drug-likeness (QED) is 0.901. The molecule has 8 heteroatoms. The van der Waals surface area contributed by atoms with Crippen molar-refractivity contribution < 1.29 is 14.7 Å². The fourth-order valence-electron chi connectivity index (χ4n) is 1.25. The molecule has 2 rings (SSSR count). The third-order valence-corrected chi connectivity index (χ3v) is 3.03. The van der Waals surface area contributed by atoms with Crippen LogP contribution in [0.15, 0.2) is 28.9 Å². The van der Waals surface area contributed by atoms with E-state index in [-0.39, 0.29) is 16.9 Å². The molecule has 0 aliphatic rings. The monoisotopic (exact) mass is 327 g/mol. The minimum absolute atomic E-state index is 0.000846. The summed E-state index contributed by atoms with van der Waals surface area (Å²) < 4.78 is 8.09. The number of amides is 1. The highest BCUT2D eigenvalue weighted by Crippen LogP contribution is 2.21. The number of nitrogens with one attached hydrogen (secondary N) is 1. The Bertz CT molecular complexity index is 600. The van der Waals surface area contributed by atoms with Crippen LogP contribution < -0.4 is 5.32 Å². The minimum atomic E-state index is -1.12. The summed E-state index contributed by atoms with van der Waals surface area (Å²) in [6.45, 7) is 0. The van der Waals surface area contributed by atoms with Crippen molar-refractivity contribution in [2.24, 2.45) is 0 Å². The van der Waals surface area contributed by atoms with Crippen molar-refractivity contribution in [1.82, 2.24) is 8.75 Å². The van der Waals surface area contributed by atoms with Gasteiger partial charge >= 0.3 is 5.97 Å². The molecule has 92 valence electrons. The van der Waals surface area contributed by atoms with Crippen LogP contribution in [0, 0.1) is 0 Å². The molecule has 1 aromatic heterocycles. The maximum atomic E-state index is 11.7. The van der Waals surface area contributed by atoms with E-state index in [9.17, 15) is 9.59 Å². The standard InChI is InChI=1S/C10H6BrN3O3S/c11-5-1-2-7(6(3-5)10(16)17)13-9(15)8-4-12-18-14-8/h1-4H,(H,13,15)(H,16,17). The summed E-state index contributed by atoms with van der Waals surface area (Å²) in [5.41, 5.74) is 0.365. The summed E-state index contributed by atoms with van der Waals surface area (Å²) in [6, 6.07) is 4.56. The van der Waals surface area contributed by atoms with Gasteiger partial charge in [0, 0.05) is 4.47 Å². The zero-order valence-corrected chi connectivity index (χ0v) is 11.2. The average Bonchev–Trinajstić information content (AvgIpc) is 2.84. The number of carbonyl (C=O) groups excluding carboxylic acids is 1. The molecule has 0 atom stereocenters. The van der Waals surface area contributed by atoms with E-state index in [1.54, 1.807) is 6.07 Å². The number of hydrogen-bond acceptors (Lipinski definition) is 5. The van der Waals surface area contributed by atoms with Gasteiger partial charge in [0.1, 0.15) is 0 Å². The molecule has 1 heterocycles. The van der Waals surface area contributed by atoms with Gasteiger partial charge in [-0.25, -0.2) is 4.79 Å². The van der Waals surface area contributed by atoms with Crippen LogP contribution in [0.1, 0.15) is 20.8 Å². The van der Waals surface area contributed by atoms with Gasteiger partial charge in [-0.2, -0.15) is 8.75 Å². The first-order valence-electron chi connectivity index (χ1n) is 4.69. The second-order valence-corrected chi connectivity index (χ2v) is 4.71. The molecule has 0 spiro atoms. The van der Waals surface area contributed by atoms with E-state index >= 15 is 0 Å². The van der Waals surface area contributed by atoms with Crippen LogP contribution in [-0.2, 0) is 0 Å². The zero-order chi connectivity index (χ0) is 13.1. The number of carbonyl (C=O) groups is 2. The molecule has 6 nitrogen and oxygen atoms in total. The van der Waals surface area contributed by atoms with E-state index in [0.717, 1.165) is 11.7 Å². The highest BCUT2D eigenvalue weighted by atomic mass is 79.9. The second kappa shape index (κ2) is 5.23. The first-order chi connectivity index (χ1) is 8.58. The molecule has 0 aliphatic carbocycles. The summed E-state index contributed by atoms with van der Waals surface area (Å²) in [6.07, 6.45) is 1.32. The van der Waals surface area contributed by atoms with E-state index < -0.39 is 11.9 Å². The van der Waals surface area contributed by atoms with Crippen LogP contribution in [0.4, 0.5) is 5.69 Å². The largest absolute Gasteiger partial charge is 0.478 e. The Balaban J connectivity index is 2.29. The number of benzene rings is 1. The Morgan fingerprint density at radius 3 is 2.78 bits per heavy atom. The predicted molar refractivity (Wildman–Crippen MR) is 69.0 cm³/mol. The van der Waals surface area contributed by atoms with Gasteiger partial charge in [-0.15, -0.1) is 0 Å². The molecule has 0 bridgehead atoms. The molecule has 18 heavy (non-hydrogen) atoms. The fourth-order valence-corrected chi connectivity index (χ4v) is 2.03. The first kappa shape index (κ1) is 12.7. The lowest BCUT2D eigenvalue weighted by atomic mass is 10.2. The topological polar surface area (TPSA) is 92.2 Å². The number of hydrogen-bond donors (Lipinski definition) is 2. The molecule has 0 aliphatic heterocycles. The molecular weight excluding hydrogens is 322 g/mol. The fraction of sp³-hybridized carbons (Fsp3) is 0. The smallest absolute Gasteiger partial charge is 0.337 e. The van der Waals surface area contributed by atoms with E-state index in [1.165, 1.54) is 18.3 Å². The molecule has 0 saturated heterocycles. The number of halogens is 1. The summed E-state index contributed by atoms with van der Waals surface area (Å²) in [4.78, 5) is 22.8. The van der Waals surface area contributed by atoms with E-state index in [4.69, 9.17) is 5.11 Å². The molecule has 2 N–H and O–H groups in total. The molecule has 0 saturated carbocycles. The lowest BCUT2D eigenvalue weighted by Gasteiger charge is -2.07. The zero-order valence-electron chi connectivity index (χ0n) is 8.75. The first-order valence-corrected chi connectivity index (χ1v) is 6.22. The maximum Gasteiger partial charge on any atom is 0.337 e. The number of rotatable bonds is 3. The highest BCUT2D eigenvalue weighted by molar-refractivity contribution is 9.10. The minimum Gasteiger partial charge on any atom is -0.478 e. The molecule has 1 aromatic carbocycles. The van der Waals surface area contributed by atoms with Gasteiger partial charge in [0.15, 0.2) is 5.69 Å². The number of aromatic nitrogens is 2. The average molecular weight is 328 g/mol.